The Morgan fingerprint density at radius 2 is 1.93 bits per heavy atom. The third-order valence-electron chi connectivity index (χ3n) is 2.67. The normalized spacial score (nSPS) is 19.1. The molecule has 0 aliphatic carbocycles. The summed E-state index contributed by atoms with van der Waals surface area (Å²) in [5.41, 5.74) is 0. The average Bonchev–Trinajstić information content (AvgIpc) is 2.25. The fourth-order valence-electron chi connectivity index (χ4n) is 1.72. The van der Waals surface area contributed by atoms with Crippen LogP contribution in [-0.2, 0) is 0 Å². The maximum atomic E-state index is 5.71. The summed E-state index contributed by atoms with van der Waals surface area (Å²) in [6.45, 7) is 2.26. The average molecular weight is 227 g/mol. The summed E-state index contributed by atoms with van der Waals surface area (Å²) in [4.78, 5) is 10.6. The molecule has 1 aliphatic rings. The molecule has 0 saturated carbocycles. The smallest absolute Gasteiger partial charge is 0.222 e. The SMILES string of the molecule is CN1CCC(Nc2ncc(Cl)cn2)CC1. The first kappa shape index (κ1) is 10.6. The quantitative estimate of drug-likeness (QED) is 0.833. The molecule has 1 saturated heterocycles. The first-order valence-electron chi connectivity index (χ1n) is 5.16. The molecule has 0 spiro atoms. The molecule has 0 atom stereocenters. The molecule has 2 heterocycles. The van der Waals surface area contributed by atoms with Crippen LogP contribution >= 0.6 is 11.6 Å². The van der Waals surface area contributed by atoms with Crippen molar-refractivity contribution in [3.8, 4) is 0 Å². The zero-order valence-corrected chi connectivity index (χ0v) is 9.54. The topological polar surface area (TPSA) is 41.0 Å². The monoisotopic (exact) mass is 226 g/mol. The van der Waals surface area contributed by atoms with Crippen molar-refractivity contribution in [3.63, 3.8) is 0 Å². The van der Waals surface area contributed by atoms with E-state index in [9.17, 15) is 0 Å². The lowest BCUT2D eigenvalue weighted by Gasteiger charge is -2.29. The first-order valence-corrected chi connectivity index (χ1v) is 5.54. The number of hydrogen-bond donors (Lipinski definition) is 1. The molecule has 0 amide bonds. The molecule has 0 aromatic carbocycles. The number of nitrogens with one attached hydrogen (secondary N) is 1. The summed E-state index contributed by atoms with van der Waals surface area (Å²) >= 11 is 5.71. The minimum Gasteiger partial charge on any atom is -0.351 e. The second-order valence-corrected chi connectivity index (χ2v) is 4.38. The maximum Gasteiger partial charge on any atom is 0.222 e. The van der Waals surface area contributed by atoms with Gasteiger partial charge in [0.1, 0.15) is 0 Å². The summed E-state index contributed by atoms with van der Waals surface area (Å²) in [7, 11) is 2.15. The van der Waals surface area contributed by atoms with Crippen molar-refractivity contribution in [1.29, 1.82) is 0 Å². The van der Waals surface area contributed by atoms with Crippen molar-refractivity contribution in [1.82, 2.24) is 14.9 Å². The van der Waals surface area contributed by atoms with Gasteiger partial charge in [0.15, 0.2) is 0 Å². The third-order valence-corrected chi connectivity index (χ3v) is 2.87. The number of nitrogens with zero attached hydrogens (tertiary/aromatic N) is 3. The summed E-state index contributed by atoms with van der Waals surface area (Å²) in [6, 6.07) is 0.488. The van der Waals surface area contributed by atoms with Crippen LogP contribution < -0.4 is 5.32 Å². The molecule has 1 fully saturated rings. The van der Waals surface area contributed by atoms with Crippen LogP contribution in [0.1, 0.15) is 12.8 Å². The maximum absolute atomic E-state index is 5.71. The Bertz CT molecular complexity index is 306. The van der Waals surface area contributed by atoms with Crippen LogP contribution in [0.25, 0.3) is 0 Å². The van der Waals surface area contributed by atoms with E-state index >= 15 is 0 Å². The highest BCUT2D eigenvalue weighted by Crippen LogP contribution is 2.13. The van der Waals surface area contributed by atoms with Crippen LogP contribution in [0.3, 0.4) is 0 Å². The van der Waals surface area contributed by atoms with Crippen LogP contribution in [0, 0.1) is 0 Å². The largest absolute Gasteiger partial charge is 0.351 e. The summed E-state index contributed by atoms with van der Waals surface area (Å²) < 4.78 is 0. The molecular formula is C10H15ClN4. The van der Waals surface area contributed by atoms with Gasteiger partial charge in [0.05, 0.1) is 17.4 Å². The highest BCUT2D eigenvalue weighted by molar-refractivity contribution is 6.30. The molecule has 1 aromatic rings. The molecule has 0 unspecified atom stereocenters. The lowest BCUT2D eigenvalue weighted by atomic mass is 10.1. The van der Waals surface area contributed by atoms with Crippen molar-refractivity contribution >= 4 is 17.5 Å². The molecular weight excluding hydrogens is 212 g/mol. The van der Waals surface area contributed by atoms with Gasteiger partial charge in [-0.3, -0.25) is 0 Å². The lowest BCUT2D eigenvalue weighted by molar-refractivity contribution is 0.263. The molecule has 1 aromatic heterocycles. The second-order valence-electron chi connectivity index (χ2n) is 3.95. The van der Waals surface area contributed by atoms with Crippen LogP contribution in [0.4, 0.5) is 5.95 Å². The van der Waals surface area contributed by atoms with Gasteiger partial charge in [-0.15, -0.1) is 0 Å². The predicted octanol–water partition coefficient (Wildman–Crippen LogP) is 1.64. The van der Waals surface area contributed by atoms with Crippen LogP contribution in [0.2, 0.25) is 5.02 Å². The van der Waals surface area contributed by atoms with E-state index in [-0.39, 0.29) is 0 Å². The standard InChI is InChI=1S/C10H15ClN4/c1-15-4-2-9(3-5-15)14-10-12-6-8(11)7-13-10/h6-7,9H,2-5H2,1H3,(H,12,13,14). The van der Waals surface area contributed by atoms with Crippen molar-refractivity contribution in [2.45, 2.75) is 18.9 Å². The van der Waals surface area contributed by atoms with Crippen molar-refractivity contribution < 1.29 is 0 Å². The van der Waals surface area contributed by atoms with E-state index in [1.165, 1.54) is 0 Å². The van der Waals surface area contributed by atoms with Gasteiger partial charge < -0.3 is 10.2 Å². The fourth-order valence-corrected chi connectivity index (χ4v) is 1.82. The van der Waals surface area contributed by atoms with E-state index in [4.69, 9.17) is 11.6 Å². The van der Waals surface area contributed by atoms with E-state index in [1.807, 2.05) is 0 Å². The van der Waals surface area contributed by atoms with E-state index in [1.54, 1.807) is 12.4 Å². The van der Waals surface area contributed by atoms with Gasteiger partial charge >= 0.3 is 0 Å². The van der Waals surface area contributed by atoms with E-state index < -0.39 is 0 Å². The zero-order valence-electron chi connectivity index (χ0n) is 8.78. The third kappa shape index (κ3) is 3.04. The van der Waals surface area contributed by atoms with E-state index in [2.05, 4.69) is 27.2 Å². The van der Waals surface area contributed by atoms with Crippen molar-refractivity contribution in [2.75, 3.05) is 25.5 Å². The number of rotatable bonds is 2. The minimum absolute atomic E-state index is 0.488. The lowest BCUT2D eigenvalue weighted by Crippen LogP contribution is -2.37. The molecule has 0 bridgehead atoms. The fraction of sp³-hybridized carbons (Fsp3) is 0.600. The summed E-state index contributed by atoms with van der Waals surface area (Å²) in [6.07, 6.45) is 5.52. The Balaban J connectivity index is 1.89. The zero-order chi connectivity index (χ0) is 10.7. The minimum atomic E-state index is 0.488. The summed E-state index contributed by atoms with van der Waals surface area (Å²) in [5, 5.41) is 3.89. The van der Waals surface area contributed by atoms with Gasteiger partial charge in [-0.2, -0.15) is 0 Å². The van der Waals surface area contributed by atoms with Crippen molar-refractivity contribution in [3.05, 3.63) is 17.4 Å². The number of halogens is 1. The highest BCUT2D eigenvalue weighted by Gasteiger charge is 2.16. The molecule has 1 aliphatic heterocycles. The van der Waals surface area contributed by atoms with Gasteiger partial charge in [0, 0.05) is 6.04 Å². The van der Waals surface area contributed by atoms with Crippen molar-refractivity contribution in [2.24, 2.45) is 0 Å². The Morgan fingerprint density at radius 1 is 1.33 bits per heavy atom. The number of piperidine rings is 1. The molecule has 0 radical (unpaired) electrons. The van der Waals surface area contributed by atoms with Crippen LogP contribution in [0.5, 0.6) is 0 Å². The molecule has 15 heavy (non-hydrogen) atoms. The van der Waals surface area contributed by atoms with Gasteiger partial charge in [0.2, 0.25) is 5.95 Å². The Kier molecular flexibility index (Phi) is 3.38. The Labute approximate surface area is 94.7 Å². The van der Waals surface area contributed by atoms with Gasteiger partial charge in [-0.05, 0) is 33.0 Å². The summed E-state index contributed by atoms with van der Waals surface area (Å²) in [5.74, 6) is 0.675. The number of likely N-dealkylation sites (tertiary alicyclic amines) is 1. The van der Waals surface area contributed by atoms with Crippen LogP contribution in [0.15, 0.2) is 12.4 Å². The second kappa shape index (κ2) is 4.77. The van der Waals surface area contributed by atoms with Gasteiger partial charge in [0.25, 0.3) is 0 Å². The highest BCUT2D eigenvalue weighted by atomic mass is 35.5. The Morgan fingerprint density at radius 3 is 2.53 bits per heavy atom. The van der Waals surface area contributed by atoms with Gasteiger partial charge in [-0.1, -0.05) is 11.6 Å². The first-order chi connectivity index (χ1) is 7.24. The number of anilines is 1. The predicted molar refractivity (Wildman–Crippen MR) is 61.2 cm³/mol. The van der Waals surface area contributed by atoms with E-state index in [0.717, 1.165) is 25.9 Å². The van der Waals surface area contributed by atoms with Crippen LogP contribution in [-0.4, -0.2) is 41.0 Å². The number of hydrogen-bond acceptors (Lipinski definition) is 4. The van der Waals surface area contributed by atoms with Gasteiger partial charge in [-0.25, -0.2) is 9.97 Å². The Hall–Kier alpha value is -0.870. The molecule has 5 heteroatoms. The molecule has 82 valence electrons. The molecule has 1 N–H and O–H groups in total. The molecule has 4 nitrogen and oxygen atoms in total. The van der Waals surface area contributed by atoms with E-state index in [0.29, 0.717) is 17.0 Å². The number of aromatic nitrogens is 2. The molecule has 2 rings (SSSR count).